The number of nitrogens with one attached hydrogen (secondary N) is 2. The van der Waals surface area contributed by atoms with Gasteiger partial charge in [0.15, 0.2) is 5.78 Å². The molecule has 0 heterocycles. The lowest BCUT2D eigenvalue weighted by Crippen LogP contribution is -2.44. The van der Waals surface area contributed by atoms with E-state index in [2.05, 4.69) is 5.32 Å². The van der Waals surface area contributed by atoms with Gasteiger partial charge in [0.2, 0.25) is 0 Å². The van der Waals surface area contributed by atoms with Gasteiger partial charge in [-0.1, -0.05) is 0 Å². The van der Waals surface area contributed by atoms with E-state index < -0.39 is 30.4 Å². The van der Waals surface area contributed by atoms with Gasteiger partial charge in [0, 0.05) is 11.3 Å². The van der Waals surface area contributed by atoms with Crippen LogP contribution in [0.2, 0.25) is 0 Å². The average Bonchev–Trinajstić information content (AvgIpc) is 2.37. The van der Waals surface area contributed by atoms with Gasteiger partial charge in [-0.2, -0.15) is 0 Å². The standard InChI is InChI=1S/C13H14N2O6/c1-7(16)8-2-4-9(5-3-8)14-13(21)15-10(12(19)20)6-11(17)18/h2-5,10H,6H2,1H3,(H,17,18)(H,19,20)(H2,14,15,21)/t10-/m0/s1. The number of aliphatic carboxylic acids is 2. The van der Waals surface area contributed by atoms with E-state index in [0.717, 1.165) is 0 Å². The third kappa shape index (κ3) is 5.31. The Bertz CT molecular complexity index is 567. The first-order chi connectivity index (χ1) is 9.79. The van der Waals surface area contributed by atoms with Crippen LogP contribution in [0, 0.1) is 0 Å². The first-order valence-corrected chi connectivity index (χ1v) is 5.92. The van der Waals surface area contributed by atoms with Crippen molar-refractivity contribution in [1.29, 1.82) is 0 Å². The number of rotatable bonds is 6. The number of carboxylic acids is 2. The Kier molecular flexibility index (Phi) is 5.41. The quantitative estimate of drug-likeness (QED) is 0.577. The van der Waals surface area contributed by atoms with Crippen LogP contribution in [0.3, 0.4) is 0 Å². The van der Waals surface area contributed by atoms with Crippen molar-refractivity contribution < 1.29 is 29.4 Å². The predicted octanol–water partition coefficient (Wildman–Crippen LogP) is 0.939. The predicted molar refractivity (Wildman–Crippen MR) is 72.3 cm³/mol. The molecule has 1 aromatic carbocycles. The number of Topliss-reactive ketones (excluding diaryl/α,β-unsaturated/α-hetero) is 1. The lowest BCUT2D eigenvalue weighted by Gasteiger charge is -2.13. The molecular weight excluding hydrogens is 280 g/mol. The second-order valence-corrected chi connectivity index (χ2v) is 4.22. The van der Waals surface area contributed by atoms with Crippen molar-refractivity contribution in [3.63, 3.8) is 0 Å². The minimum Gasteiger partial charge on any atom is -0.481 e. The molecule has 0 bridgehead atoms. The summed E-state index contributed by atoms with van der Waals surface area (Å²) in [7, 11) is 0. The summed E-state index contributed by atoms with van der Waals surface area (Å²) in [5.74, 6) is -2.91. The number of hydrogen-bond acceptors (Lipinski definition) is 4. The van der Waals surface area contributed by atoms with Gasteiger partial charge in [0.25, 0.3) is 0 Å². The summed E-state index contributed by atoms with van der Waals surface area (Å²) in [5.41, 5.74) is 0.812. The van der Waals surface area contributed by atoms with Crippen LogP contribution < -0.4 is 10.6 Å². The van der Waals surface area contributed by atoms with Crippen LogP contribution in [-0.4, -0.2) is 40.0 Å². The number of anilines is 1. The molecule has 0 radical (unpaired) electrons. The van der Waals surface area contributed by atoms with Gasteiger partial charge < -0.3 is 20.8 Å². The van der Waals surface area contributed by atoms with Gasteiger partial charge in [-0.15, -0.1) is 0 Å². The first kappa shape index (κ1) is 16.2. The molecule has 1 rings (SSSR count). The van der Waals surface area contributed by atoms with Crippen molar-refractivity contribution >= 4 is 29.4 Å². The Labute approximate surface area is 119 Å². The summed E-state index contributed by atoms with van der Waals surface area (Å²) in [4.78, 5) is 44.0. The van der Waals surface area contributed by atoms with Gasteiger partial charge in [0.05, 0.1) is 6.42 Å². The third-order valence-corrected chi connectivity index (χ3v) is 2.53. The van der Waals surface area contributed by atoms with Gasteiger partial charge in [-0.25, -0.2) is 9.59 Å². The number of urea groups is 1. The molecular formula is C13H14N2O6. The van der Waals surface area contributed by atoms with Crippen molar-refractivity contribution in [2.24, 2.45) is 0 Å². The summed E-state index contributed by atoms with van der Waals surface area (Å²) in [6, 6.07) is 3.58. The number of amides is 2. The molecule has 8 nitrogen and oxygen atoms in total. The number of carbonyl (C=O) groups excluding carboxylic acids is 2. The van der Waals surface area contributed by atoms with E-state index in [-0.39, 0.29) is 5.78 Å². The molecule has 0 saturated heterocycles. The highest BCUT2D eigenvalue weighted by Gasteiger charge is 2.22. The van der Waals surface area contributed by atoms with E-state index in [0.29, 0.717) is 11.3 Å². The molecule has 8 heteroatoms. The fourth-order valence-corrected chi connectivity index (χ4v) is 1.49. The summed E-state index contributed by atoms with van der Waals surface area (Å²) in [6.45, 7) is 1.40. The Hall–Kier alpha value is -2.90. The number of carboxylic acid groups (broad SMARTS) is 2. The Morgan fingerprint density at radius 1 is 1.10 bits per heavy atom. The van der Waals surface area contributed by atoms with Crippen molar-refractivity contribution in [1.82, 2.24) is 5.32 Å². The second kappa shape index (κ2) is 7.04. The highest BCUT2D eigenvalue weighted by Crippen LogP contribution is 2.10. The molecule has 0 aromatic heterocycles. The minimum absolute atomic E-state index is 0.126. The SMILES string of the molecule is CC(=O)c1ccc(NC(=O)N[C@@H](CC(=O)O)C(=O)O)cc1. The van der Waals surface area contributed by atoms with Crippen molar-refractivity contribution in [3.05, 3.63) is 29.8 Å². The van der Waals surface area contributed by atoms with Crippen LogP contribution in [0.25, 0.3) is 0 Å². The van der Waals surface area contributed by atoms with Gasteiger partial charge in [-0.3, -0.25) is 9.59 Å². The molecule has 2 amide bonds. The Morgan fingerprint density at radius 3 is 2.10 bits per heavy atom. The molecule has 112 valence electrons. The molecule has 0 aliphatic rings. The van der Waals surface area contributed by atoms with Crippen LogP contribution in [0.1, 0.15) is 23.7 Å². The third-order valence-electron chi connectivity index (χ3n) is 2.53. The molecule has 0 aliphatic carbocycles. The molecule has 0 aliphatic heterocycles. The molecule has 1 atom stereocenters. The second-order valence-electron chi connectivity index (χ2n) is 4.22. The molecule has 0 fully saturated rings. The van der Waals surface area contributed by atoms with E-state index >= 15 is 0 Å². The van der Waals surface area contributed by atoms with E-state index in [4.69, 9.17) is 10.2 Å². The van der Waals surface area contributed by atoms with Crippen molar-refractivity contribution in [2.45, 2.75) is 19.4 Å². The number of ketones is 1. The van der Waals surface area contributed by atoms with Crippen LogP contribution >= 0.6 is 0 Å². The van der Waals surface area contributed by atoms with Crippen LogP contribution in [0.5, 0.6) is 0 Å². The van der Waals surface area contributed by atoms with Crippen molar-refractivity contribution in [2.75, 3.05) is 5.32 Å². The summed E-state index contributed by atoms with van der Waals surface area (Å²) >= 11 is 0. The number of carbonyl (C=O) groups is 4. The normalized spacial score (nSPS) is 11.3. The minimum atomic E-state index is -1.53. The zero-order chi connectivity index (χ0) is 16.0. The lowest BCUT2D eigenvalue weighted by molar-refractivity contribution is -0.145. The van der Waals surface area contributed by atoms with Gasteiger partial charge >= 0.3 is 18.0 Å². The van der Waals surface area contributed by atoms with Crippen LogP contribution in [-0.2, 0) is 9.59 Å². The Morgan fingerprint density at radius 2 is 1.67 bits per heavy atom. The molecule has 0 spiro atoms. The fourth-order valence-electron chi connectivity index (χ4n) is 1.49. The first-order valence-electron chi connectivity index (χ1n) is 5.92. The summed E-state index contributed by atoms with van der Waals surface area (Å²) in [5, 5.41) is 21.7. The molecule has 0 unspecified atom stereocenters. The van der Waals surface area contributed by atoms with E-state index in [1.807, 2.05) is 5.32 Å². The maximum Gasteiger partial charge on any atom is 0.326 e. The maximum absolute atomic E-state index is 11.6. The fraction of sp³-hybridized carbons (Fsp3) is 0.231. The Balaban J connectivity index is 2.65. The molecule has 21 heavy (non-hydrogen) atoms. The summed E-state index contributed by atoms with van der Waals surface area (Å²) < 4.78 is 0. The van der Waals surface area contributed by atoms with E-state index in [1.165, 1.54) is 31.2 Å². The maximum atomic E-state index is 11.6. The molecule has 0 saturated carbocycles. The average molecular weight is 294 g/mol. The lowest BCUT2D eigenvalue weighted by atomic mass is 10.1. The van der Waals surface area contributed by atoms with Gasteiger partial charge in [0.1, 0.15) is 6.04 Å². The number of benzene rings is 1. The smallest absolute Gasteiger partial charge is 0.326 e. The molecule has 1 aromatic rings. The zero-order valence-corrected chi connectivity index (χ0v) is 11.1. The van der Waals surface area contributed by atoms with Crippen LogP contribution in [0.4, 0.5) is 10.5 Å². The van der Waals surface area contributed by atoms with E-state index in [9.17, 15) is 19.2 Å². The topological polar surface area (TPSA) is 133 Å². The van der Waals surface area contributed by atoms with Gasteiger partial charge in [-0.05, 0) is 31.2 Å². The highest BCUT2D eigenvalue weighted by atomic mass is 16.4. The van der Waals surface area contributed by atoms with Crippen molar-refractivity contribution in [3.8, 4) is 0 Å². The van der Waals surface area contributed by atoms with Crippen LogP contribution in [0.15, 0.2) is 24.3 Å². The highest BCUT2D eigenvalue weighted by molar-refractivity contribution is 5.96. The summed E-state index contributed by atoms with van der Waals surface area (Å²) in [6.07, 6.45) is -0.730. The largest absolute Gasteiger partial charge is 0.481 e. The number of hydrogen-bond donors (Lipinski definition) is 4. The zero-order valence-electron chi connectivity index (χ0n) is 11.1. The monoisotopic (exact) mass is 294 g/mol. The van der Waals surface area contributed by atoms with E-state index in [1.54, 1.807) is 0 Å². The molecule has 4 N–H and O–H groups in total.